The minimum atomic E-state index is -3.08. The average molecular weight is 393 g/mol. The van der Waals surface area contributed by atoms with Crippen LogP contribution in [0.1, 0.15) is 39.4 Å². The minimum Gasteiger partial charge on any atom is -0.338 e. The Hall–Kier alpha value is -0.630. The van der Waals surface area contributed by atoms with E-state index in [-0.39, 0.29) is 24.1 Å². The number of carbonyl (C=O) groups excluding carboxylic acids is 1. The molecule has 5 nitrogen and oxygen atoms in total. The first-order valence-corrected chi connectivity index (χ1v) is 10.9. The second-order valence-electron chi connectivity index (χ2n) is 6.98. The Balaban J connectivity index is 0.00000208. The Labute approximate surface area is 154 Å². The number of sulfone groups is 1. The molecule has 24 heavy (non-hydrogen) atoms. The average Bonchev–Trinajstić information content (AvgIpc) is 3.06. The summed E-state index contributed by atoms with van der Waals surface area (Å²) in [7, 11) is -3.08. The first-order chi connectivity index (χ1) is 10.8. The lowest BCUT2D eigenvalue weighted by atomic mass is 9.78. The molecule has 0 unspecified atom stereocenters. The van der Waals surface area contributed by atoms with E-state index in [4.69, 9.17) is 0 Å². The standard InChI is InChI=1S/C16H24N2O3S2.ClH/c1-12-13(10-23(2,20)21)9-14(22-12)15(19)18-7-4-16(5-8-18)3-6-17-11-16;/h9,17H,3-8,10-11H2,1-2H3;1H. The molecule has 0 radical (unpaired) electrons. The van der Waals surface area contributed by atoms with E-state index >= 15 is 0 Å². The number of thiophene rings is 1. The lowest BCUT2D eigenvalue weighted by molar-refractivity contribution is 0.0612. The van der Waals surface area contributed by atoms with Crippen LogP contribution in [0.2, 0.25) is 0 Å². The SMILES string of the molecule is Cc1sc(C(=O)N2CCC3(CCNC3)CC2)cc1CS(C)(=O)=O.Cl. The van der Waals surface area contributed by atoms with Crippen LogP contribution in [0.5, 0.6) is 0 Å². The third-order valence-corrected chi connectivity index (χ3v) is 7.01. The molecule has 1 amide bonds. The summed E-state index contributed by atoms with van der Waals surface area (Å²) in [4.78, 5) is 16.2. The van der Waals surface area contributed by atoms with Gasteiger partial charge in [-0.25, -0.2) is 8.42 Å². The van der Waals surface area contributed by atoms with Crippen LogP contribution in [0.4, 0.5) is 0 Å². The maximum atomic E-state index is 12.7. The molecule has 2 aliphatic heterocycles. The Morgan fingerprint density at radius 3 is 2.54 bits per heavy atom. The first-order valence-electron chi connectivity index (χ1n) is 8.05. The number of likely N-dealkylation sites (tertiary alicyclic amines) is 1. The van der Waals surface area contributed by atoms with Gasteiger partial charge < -0.3 is 10.2 Å². The summed E-state index contributed by atoms with van der Waals surface area (Å²) in [6.07, 6.45) is 4.57. The number of aryl methyl sites for hydroxylation is 1. The largest absolute Gasteiger partial charge is 0.338 e. The molecular formula is C16H25ClN2O3S2. The molecule has 3 heterocycles. The zero-order chi connectivity index (χ0) is 16.7. The van der Waals surface area contributed by atoms with Gasteiger partial charge in [-0.1, -0.05) is 0 Å². The van der Waals surface area contributed by atoms with Gasteiger partial charge in [0.1, 0.15) is 0 Å². The topological polar surface area (TPSA) is 66.5 Å². The number of amides is 1. The normalized spacial score (nSPS) is 20.2. The number of nitrogens with zero attached hydrogens (tertiary/aromatic N) is 1. The summed E-state index contributed by atoms with van der Waals surface area (Å²) in [6.45, 7) is 5.66. The van der Waals surface area contributed by atoms with E-state index in [9.17, 15) is 13.2 Å². The van der Waals surface area contributed by atoms with Crippen molar-refractivity contribution in [3.05, 3.63) is 21.4 Å². The minimum absolute atomic E-state index is 0. The van der Waals surface area contributed by atoms with Crippen molar-refractivity contribution in [2.45, 2.75) is 31.9 Å². The number of rotatable bonds is 3. The molecule has 136 valence electrons. The van der Waals surface area contributed by atoms with Crippen LogP contribution in [0.3, 0.4) is 0 Å². The molecule has 0 aliphatic carbocycles. The lowest BCUT2D eigenvalue weighted by Gasteiger charge is -2.38. The van der Waals surface area contributed by atoms with Gasteiger partial charge >= 0.3 is 0 Å². The molecule has 3 rings (SSSR count). The fraction of sp³-hybridized carbons (Fsp3) is 0.688. The molecule has 0 atom stereocenters. The van der Waals surface area contributed by atoms with Gasteiger partial charge in [0, 0.05) is 30.8 Å². The van der Waals surface area contributed by atoms with E-state index in [0.29, 0.717) is 10.3 Å². The predicted octanol–water partition coefficient (Wildman–Crippen LogP) is 2.24. The van der Waals surface area contributed by atoms with Crippen LogP contribution >= 0.6 is 23.7 Å². The summed E-state index contributed by atoms with van der Waals surface area (Å²) < 4.78 is 23.0. The second-order valence-corrected chi connectivity index (χ2v) is 10.4. The van der Waals surface area contributed by atoms with Gasteiger partial charge in [0.15, 0.2) is 9.84 Å². The number of carbonyl (C=O) groups is 1. The maximum Gasteiger partial charge on any atom is 0.263 e. The van der Waals surface area contributed by atoms with E-state index < -0.39 is 9.84 Å². The first kappa shape index (κ1) is 19.7. The van der Waals surface area contributed by atoms with E-state index in [1.54, 1.807) is 6.07 Å². The zero-order valence-corrected chi connectivity index (χ0v) is 16.6. The summed E-state index contributed by atoms with van der Waals surface area (Å²) in [5.41, 5.74) is 1.15. The van der Waals surface area contributed by atoms with Gasteiger partial charge in [0.25, 0.3) is 5.91 Å². The van der Waals surface area contributed by atoms with Crippen LogP contribution in [-0.2, 0) is 15.6 Å². The lowest BCUT2D eigenvalue weighted by Crippen LogP contribution is -2.43. The van der Waals surface area contributed by atoms with Crippen molar-refractivity contribution in [1.82, 2.24) is 10.2 Å². The number of hydrogen-bond donors (Lipinski definition) is 1. The second kappa shape index (κ2) is 7.32. The Kier molecular flexibility index (Phi) is 6.00. The van der Waals surface area contributed by atoms with Crippen LogP contribution < -0.4 is 5.32 Å². The molecular weight excluding hydrogens is 368 g/mol. The fourth-order valence-corrected chi connectivity index (χ4v) is 5.58. The highest BCUT2D eigenvalue weighted by molar-refractivity contribution is 7.89. The quantitative estimate of drug-likeness (QED) is 0.856. The molecule has 8 heteroatoms. The highest BCUT2D eigenvalue weighted by Crippen LogP contribution is 2.37. The van der Waals surface area contributed by atoms with Crippen molar-refractivity contribution in [1.29, 1.82) is 0 Å². The summed E-state index contributed by atoms with van der Waals surface area (Å²) in [5.74, 6) is 0.0656. The highest BCUT2D eigenvalue weighted by atomic mass is 35.5. The van der Waals surface area contributed by atoms with E-state index in [0.717, 1.165) is 49.5 Å². The third-order valence-electron chi connectivity index (χ3n) is 5.09. The van der Waals surface area contributed by atoms with E-state index in [2.05, 4.69) is 5.32 Å². The monoisotopic (exact) mass is 392 g/mol. The molecule has 2 saturated heterocycles. The molecule has 0 aromatic carbocycles. The fourth-order valence-electron chi connectivity index (χ4n) is 3.61. The van der Waals surface area contributed by atoms with Crippen LogP contribution in [-0.4, -0.2) is 51.7 Å². The molecule has 2 aliphatic rings. The Morgan fingerprint density at radius 1 is 1.33 bits per heavy atom. The van der Waals surface area contributed by atoms with Crippen molar-refractivity contribution in [2.75, 3.05) is 32.4 Å². The number of nitrogens with one attached hydrogen (secondary N) is 1. The summed E-state index contributed by atoms with van der Waals surface area (Å²) >= 11 is 1.41. The highest BCUT2D eigenvalue weighted by Gasteiger charge is 2.38. The van der Waals surface area contributed by atoms with Crippen LogP contribution in [0, 0.1) is 12.3 Å². The van der Waals surface area contributed by atoms with E-state index in [1.807, 2.05) is 11.8 Å². The van der Waals surface area contributed by atoms with Gasteiger partial charge in [-0.15, -0.1) is 23.7 Å². The van der Waals surface area contributed by atoms with Gasteiger partial charge in [-0.2, -0.15) is 0 Å². The maximum absolute atomic E-state index is 12.7. The van der Waals surface area contributed by atoms with Gasteiger partial charge in [-0.3, -0.25) is 4.79 Å². The summed E-state index contributed by atoms with van der Waals surface area (Å²) in [6, 6.07) is 1.77. The molecule has 0 saturated carbocycles. The summed E-state index contributed by atoms with van der Waals surface area (Å²) in [5, 5.41) is 3.43. The van der Waals surface area contributed by atoms with Crippen LogP contribution in [0.25, 0.3) is 0 Å². The third kappa shape index (κ3) is 4.31. The molecule has 1 spiro atoms. The number of halogens is 1. The molecule has 1 aromatic rings. The van der Waals surface area contributed by atoms with Gasteiger partial charge in [0.2, 0.25) is 0 Å². The molecule has 0 bridgehead atoms. The van der Waals surface area contributed by atoms with Crippen LogP contribution in [0.15, 0.2) is 6.07 Å². The van der Waals surface area contributed by atoms with Crippen molar-refractivity contribution in [3.63, 3.8) is 0 Å². The van der Waals surface area contributed by atoms with Gasteiger partial charge in [0.05, 0.1) is 10.6 Å². The number of hydrogen-bond acceptors (Lipinski definition) is 5. The number of piperidine rings is 1. The molecule has 1 aromatic heterocycles. The smallest absolute Gasteiger partial charge is 0.263 e. The molecule has 2 fully saturated rings. The Morgan fingerprint density at radius 2 is 2.00 bits per heavy atom. The molecule has 1 N–H and O–H groups in total. The van der Waals surface area contributed by atoms with Crippen molar-refractivity contribution >= 4 is 39.5 Å². The van der Waals surface area contributed by atoms with Gasteiger partial charge in [-0.05, 0) is 49.8 Å². The predicted molar refractivity (Wildman–Crippen MR) is 99.9 cm³/mol. The van der Waals surface area contributed by atoms with Crippen molar-refractivity contribution < 1.29 is 13.2 Å². The Bertz CT molecular complexity index is 699. The van der Waals surface area contributed by atoms with Crippen molar-refractivity contribution in [3.8, 4) is 0 Å². The zero-order valence-electron chi connectivity index (χ0n) is 14.1. The van der Waals surface area contributed by atoms with E-state index in [1.165, 1.54) is 24.0 Å². The van der Waals surface area contributed by atoms with Crippen molar-refractivity contribution in [2.24, 2.45) is 5.41 Å².